The number of hydrogen-bond donors (Lipinski definition) is 1. The van der Waals surface area contributed by atoms with Crippen molar-refractivity contribution in [3.63, 3.8) is 0 Å². The number of benzene rings is 2. The molecule has 21 heavy (non-hydrogen) atoms. The van der Waals surface area contributed by atoms with Crippen molar-refractivity contribution in [2.45, 2.75) is 44.1 Å². The van der Waals surface area contributed by atoms with Crippen molar-refractivity contribution in [2.75, 3.05) is 0 Å². The number of fused-ring (bicyclic) bond motifs is 1. The molecule has 2 aromatic carbocycles. The lowest BCUT2D eigenvalue weighted by Gasteiger charge is -2.33. The molecule has 0 spiro atoms. The third kappa shape index (κ3) is 2.86. The van der Waals surface area contributed by atoms with Gasteiger partial charge in [-0.1, -0.05) is 42.5 Å². The Bertz CT molecular complexity index is 633. The second kappa shape index (κ2) is 5.61. The molecule has 0 amide bonds. The summed E-state index contributed by atoms with van der Waals surface area (Å²) < 4.78 is 14.1. The van der Waals surface area contributed by atoms with Gasteiger partial charge in [-0.15, -0.1) is 0 Å². The van der Waals surface area contributed by atoms with Gasteiger partial charge in [-0.3, -0.25) is 0 Å². The third-order valence-electron chi connectivity index (χ3n) is 4.65. The molecule has 0 saturated heterocycles. The molecular weight excluding hydrogens is 261 g/mol. The fourth-order valence-electron chi connectivity index (χ4n) is 3.61. The lowest BCUT2D eigenvalue weighted by atomic mass is 9.74. The van der Waals surface area contributed by atoms with Crippen molar-refractivity contribution >= 4 is 0 Å². The maximum Gasteiger partial charge on any atom is 0.128 e. The van der Waals surface area contributed by atoms with Crippen LogP contribution in [-0.2, 0) is 12.0 Å². The Hall–Kier alpha value is -1.67. The van der Waals surface area contributed by atoms with Gasteiger partial charge in [0.15, 0.2) is 0 Å². The summed E-state index contributed by atoms with van der Waals surface area (Å²) >= 11 is 0. The Morgan fingerprint density at radius 2 is 1.86 bits per heavy atom. The summed E-state index contributed by atoms with van der Waals surface area (Å²) in [6.45, 7) is 1.95. The van der Waals surface area contributed by atoms with Crippen LogP contribution < -0.4 is 5.73 Å². The number of rotatable bonds is 3. The zero-order chi connectivity index (χ0) is 14.9. The summed E-state index contributed by atoms with van der Waals surface area (Å²) in [5, 5.41) is 0. The van der Waals surface area contributed by atoms with E-state index in [2.05, 4.69) is 24.3 Å². The fraction of sp³-hybridized carbons (Fsp3) is 0.368. The topological polar surface area (TPSA) is 26.0 Å². The molecule has 0 aliphatic heterocycles. The predicted octanol–water partition coefficient (Wildman–Crippen LogP) is 4.51. The minimum Gasteiger partial charge on any atom is -0.322 e. The number of nitrogens with two attached hydrogens (primary N) is 1. The third-order valence-corrected chi connectivity index (χ3v) is 4.65. The Labute approximate surface area is 126 Å². The highest BCUT2D eigenvalue weighted by atomic mass is 19.1. The van der Waals surface area contributed by atoms with Gasteiger partial charge >= 0.3 is 0 Å². The van der Waals surface area contributed by atoms with Crippen molar-refractivity contribution in [2.24, 2.45) is 5.73 Å². The van der Waals surface area contributed by atoms with E-state index in [0.717, 1.165) is 19.3 Å². The van der Waals surface area contributed by atoms with Crippen LogP contribution in [0.5, 0.6) is 0 Å². The van der Waals surface area contributed by atoms with Crippen LogP contribution in [-0.4, -0.2) is 0 Å². The maximum atomic E-state index is 14.1. The molecule has 3 rings (SSSR count). The van der Waals surface area contributed by atoms with Gasteiger partial charge in [0.2, 0.25) is 0 Å². The van der Waals surface area contributed by atoms with Gasteiger partial charge in [0.1, 0.15) is 5.82 Å². The quantitative estimate of drug-likeness (QED) is 0.881. The van der Waals surface area contributed by atoms with E-state index < -0.39 is 5.54 Å². The predicted molar refractivity (Wildman–Crippen MR) is 84.7 cm³/mol. The van der Waals surface area contributed by atoms with E-state index in [1.165, 1.54) is 23.6 Å². The highest BCUT2D eigenvalue weighted by Gasteiger charge is 2.31. The van der Waals surface area contributed by atoms with Crippen molar-refractivity contribution in [1.29, 1.82) is 0 Å². The highest BCUT2D eigenvalue weighted by molar-refractivity contribution is 5.34. The number of hydrogen-bond acceptors (Lipinski definition) is 1. The second-order valence-corrected chi connectivity index (χ2v) is 6.39. The lowest BCUT2D eigenvalue weighted by Crippen LogP contribution is -2.36. The molecule has 110 valence electrons. The van der Waals surface area contributed by atoms with E-state index in [9.17, 15) is 4.39 Å². The van der Waals surface area contributed by atoms with Gasteiger partial charge in [0, 0.05) is 11.1 Å². The van der Waals surface area contributed by atoms with Gasteiger partial charge in [-0.05, 0) is 55.7 Å². The zero-order valence-corrected chi connectivity index (χ0v) is 12.5. The van der Waals surface area contributed by atoms with Crippen LogP contribution in [0, 0.1) is 5.82 Å². The minimum absolute atomic E-state index is 0.202. The molecule has 2 unspecified atom stereocenters. The molecule has 0 saturated carbocycles. The molecule has 0 bridgehead atoms. The Morgan fingerprint density at radius 1 is 1.14 bits per heavy atom. The molecule has 2 heteroatoms. The van der Waals surface area contributed by atoms with Gasteiger partial charge in [-0.2, -0.15) is 0 Å². The van der Waals surface area contributed by atoms with Crippen molar-refractivity contribution in [3.8, 4) is 0 Å². The Kier molecular flexibility index (Phi) is 3.81. The Morgan fingerprint density at radius 3 is 2.67 bits per heavy atom. The van der Waals surface area contributed by atoms with Gasteiger partial charge in [-0.25, -0.2) is 4.39 Å². The highest BCUT2D eigenvalue weighted by Crippen LogP contribution is 2.39. The first-order chi connectivity index (χ1) is 10.1. The first-order valence-corrected chi connectivity index (χ1v) is 7.69. The minimum atomic E-state index is -0.638. The second-order valence-electron chi connectivity index (χ2n) is 6.39. The SMILES string of the molecule is CC(N)(CC1CCCc2ccccc21)c1ccccc1F. The summed E-state index contributed by atoms with van der Waals surface area (Å²) in [5.74, 6) is 0.219. The molecule has 1 aliphatic rings. The van der Waals surface area contributed by atoms with Crippen LogP contribution in [0.25, 0.3) is 0 Å². The van der Waals surface area contributed by atoms with Crippen molar-refractivity contribution in [3.05, 3.63) is 71.0 Å². The van der Waals surface area contributed by atoms with Crippen LogP contribution in [0.4, 0.5) is 4.39 Å². The van der Waals surface area contributed by atoms with E-state index in [0.29, 0.717) is 11.5 Å². The van der Waals surface area contributed by atoms with E-state index in [-0.39, 0.29) is 5.82 Å². The molecule has 2 aromatic rings. The molecule has 1 aliphatic carbocycles. The monoisotopic (exact) mass is 283 g/mol. The molecule has 0 aromatic heterocycles. The van der Waals surface area contributed by atoms with Crippen LogP contribution in [0.1, 0.15) is 48.8 Å². The van der Waals surface area contributed by atoms with Crippen molar-refractivity contribution in [1.82, 2.24) is 0 Å². The van der Waals surface area contributed by atoms with E-state index in [4.69, 9.17) is 5.73 Å². The first kappa shape index (κ1) is 14.3. The van der Waals surface area contributed by atoms with Gasteiger partial charge < -0.3 is 5.73 Å². The van der Waals surface area contributed by atoms with Crippen molar-refractivity contribution < 1.29 is 4.39 Å². The molecule has 2 N–H and O–H groups in total. The summed E-state index contributed by atoms with van der Waals surface area (Å²) in [6, 6.07) is 15.5. The van der Waals surface area contributed by atoms with E-state index in [1.807, 2.05) is 19.1 Å². The summed E-state index contributed by atoms with van der Waals surface area (Å²) in [6.07, 6.45) is 4.26. The Balaban J connectivity index is 1.89. The average molecular weight is 283 g/mol. The fourth-order valence-corrected chi connectivity index (χ4v) is 3.61. The molecule has 2 atom stereocenters. The van der Waals surface area contributed by atoms with E-state index >= 15 is 0 Å². The molecule has 0 fully saturated rings. The first-order valence-electron chi connectivity index (χ1n) is 7.69. The van der Waals surface area contributed by atoms with Gasteiger partial charge in [0.05, 0.1) is 0 Å². The molecular formula is C19H22FN. The number of halogens is 1. The zero-order valence-electron chi connectivity index (χ0n) is 12.5. The molecule has 0 heterocycles. The standard InChI is InChI=1S/C19H22FN/c1-19(21,17-11-4-5-12-18(17)20)13-15-9-6-8-14-7-2-3-10-16(14)15/h2-5,7,10-12,15H,6,8-9,13,21H2,1H3. The summed E-state index contributed by atoms with van der Waals surface area (Å²) in [7, 11) is 0. The smallest absolute Gasteiger partial charge is 0.128 e. The van der Waals surface area contributed by atoms with Crippen LogP contribution in [0.2, 0.25) is 0 Å². The summed E-state index contributed by atoms with van der Waals surface area (Å²) in [5.41, 5.74) is 9.30. The average Bonchev–Trinajstić information content (AvgIpc) is 2.47. The largest absolute Gasteiger partial charge is 0.322 e. The normalized spacial score (nSPS) is 20.6. The van der Waals surface area contributed by atoms with Crippen LogP contribution in [0.15, 0.2) is 48.5 Å². The van der Waals surface area contributed by atoms with Crippen LogP contribution in [0.3, 0.4) is 0 Å². The molecule has 1 nitrogen and oxygen atoms in total. The molecule has 0 radical (unpaired) electrons. The summed E-state index contributed by atoms with van der Waals surface area (Å²) in [4.78, 5) is 0. The number of aryl methyl sites for hydroxylation is 1. The van der Waals surface area contributed by atoms with Crippen LogP contribution >= 0.6 is 0 Å². The maximum absolute atomic E-state index is 14.1. The lowest BCUT2D eigenvalue weighted by molar-refractivity contribution is 0.364. The van der Waals surface area contributed by atoms with E-state index in [1.54, 1.807) is 6.07 Å². The van der Waals surface area contributed by atoms with Gasteiger partial charge in [0.25, 0.3) is 0 Å².